The number of carbonyl (C=O) groups is 2. The summed E-state index contributed by atoms with van der Waals surface area (Å²) in [6.07, 6.45) is -4.18. The minimum Gasteiger partial charge on any atom is -0.350 e. The molecule has 0 spiro atoms. The van der Waals surface area contributed by atoms with Crippen LogP contribution in [0.4, 0.5) is 17.6 Å². The molecule has 0 aliphatic rings. The molecule has 0 aromatic heterocycles. The third-order valence-electron chi connectivity index (χ3n) is 4.65. The molecule has 0 heterocycles. The molecule has 0 aliphatic heterocycles. The zero-order valence-corrected chi connectivity index (χ0v) is 16.0. The average Bonchev–Trinajstić information content (AvgIpc) is 2.70. The van der Waals surface area contributed by atoms with E-state index in [4.69, 9.17) is 0 Å². The molecule has 2 aromatic rings. The third-order valence-corrected chi connectivity index (χ3v) is 4.65. The number of benzene rings is 2. The number of alkyl halides is 3. The zero-order chi connectivity index (χ0) is 21.6. The molecule has 0 saturated carbocycles. The minimum atomic E-state index is -4.75. The lowest BCUT2D eigenvalue weighted by Gasteiger charge is -2.24. The minimum absolute atomic E-state index is 0.252. The molecule has 4 nitrogen and oxygen atoms in total. The first kappa shape index (κ1) is 22.4. The van der Waals surface area contributed by atoms with E-state index in [1.807, 2.05) is 6.92 Å². The Morgan fingerprint density at radius 2 is 1.72 bits per heavy atom. The van der Waals surface area contributed by atoms with Crippen molar-refractivity contribution in [3.8, 4) is 0 Å². The largest absolute Gasteiger partial charge is 0.416 e. The molecule has 2 unspecified atom stereocenters. The Morgan fingerprint density at radius 3 is 2.31 bits per heavy atom. The molecule has 2 rings (SSSR count). The van der Waals surface area contributed by atoms with E-state index in [9.17, 15) is 27.2 Å². The van der Waals surface area contributed by atoms with E-state index in [2.05, 4.69) is 10.6 Å². The second kappa shape index (κ2) is 9.54. The predicted octanol–water partition coefficient (Wildman–Crippen LogP) is 4.31. The summed E-state index contributed by atoms with van der Waals surface area (Å²) in [6, 6.07) is 9.65. The Kier molecular flexibility index (Phi) is 7.36. The third kappa shape index (κ3) is 6.04. The molecule has 2 amide bonds. The molecule has 2 atom stereocenters. The van der Waals surface area contributed by atoms with Gasteiger partial charge >= 0.3 is 6.18 Å². The number of amides is 2. The van der Waals surface area contributed by atoms with Gasteiger partial charge in [0.15, 0.2) is 0 Å². The molecule has 0 radical (unpaired) electrons. The molecular formula is C21H22F4N2O2. The maximum atomic E-state index is 13.2. The van der Waals surface area contributed by atoms with Gasteiger partial charge in [0.25, 0.3) is 5.91 Å². The van der Waals surface area contributed by atoms with Crippen molar-refractivity contribution in [2.24, 2.45) is 5.92 Å². The Bertz CT molecular complexity index is 854. The van der Waals surface area contributed by atoms with Crippen molar-refractivity contribution < 1.29 is 27.2 Å². The molecule has 2 aromatic carbocycles. The number of halogens is 4. The summed E-state index contributed by atoms with van der Waals surface area (Å²) in [4.78, 5) is 25.0. The summed E-state index contributed by atoms with van der Waals surface area (Å²) < 4.78 is 52.6. The zero-order valence-electron chi connectivity index (χ0n) is 16.0. The molecule has 156 valence electrons. The van der Waals surface area contributed by atoms with E-state index >= 15 is 0 Å². The van der Waals surface area contributed by atoms with E-state index in [1.54, 1.807) is 37.3 Å². The predicted molar refractivity (Wildman–Crippen MR) is 100 cm³/mol. The van der Waals surface area contributed by atoms with Crippen molar-refractivity contribution in [2.75, 3.05) is 0 Å². The van der Waals surface area contributed by atoms with Crippen molar-refractivity contribution >= 4 is 11.8 Å². The van der Waals surface area contributed by atoms with Gasteiger partial charge in [-0.1, -0.05) is 44.5 Å². The van der Waals surface area contributed by atoms with Crippen molar-refractivity contribution in [3.05, 3.63) is 71.0 Å². The van der Waals surface area contributed by atoms with Crippen LogP contribution in [0.1, 0.15) is 41.8 Å². The topological polar surface area (TPSA) is 58.2 Å². The van der Waals surface area contributed by atoms with Crippen LogP contribution in [0.2, 0.25) is 0 Å². The first-order valence-electron chi connectivity index (χ1n) is 9.12. The molecule has 0 fully saturated rings. The normalized spacial score (nSPS) is 13.4. The number of hydrogen-bond donors (Lipinski definition) is 2. The number of rotatable bonds is 7. The molecule has 2 N–H and O–H groups in total. The number of nitrogens with one attached hydrogen (secondary N) is 2. The molecule has 0 bridgehead atoms. The van der Waals surface area contributed by atoms with Crippen LogP contribution >= 0.6 is 0 Å². The van der Waals surface area contributed by atoms with E-state index in [0.29, 0.717) is 18.1 Å². The van der Waals surface area contributed by atoms with Crippen molar-refractivity contribution in [1.82, 2.24) is 10.6 Å². The van der Waals surface area contributed by atoms with Crippen molar-refractivity contribution in [1.29, 1.82) is 0 Å². The molecule has 8 heteroatoms. The monoisotopic (exact) mass is 410 g/mol. The molecule has 29 heavy (non-hydrogen) atoms. The van der Waals surface area contributed by atoms with Crippen LogP contribution in [-0.2, 0) is 17.5 Å². The molecular weight excluding hydrogens is 388 g/mol. The highest BCUT2D eigenvalue weighted by Gasteiger charge is 2.34. The maximum Gasteiger partial charge on any atom is 0.416 e. The summed E-state index contributed by atoms with van der Waals surface area (Å²) >= 11 is 0. The Hall–Kier alpha value is -2.90. The van der Waals surface area contributed by atoms with Crippen LogP contribution in [0.3, 0.4) is 0 Å². The van der Waals surface area contributed by atoms with E-state index < -0.39 is 42.0 Å². The number of hydrogen-bond acceptors (Lipinski definition) is 2. The van der Waals surface area contributed by atoms with Crippen LogP contribution in [0.5, 0.6) is 0 Å². The van der Waals surface area contributed by atoms with Gasteiger partial charge in [0.05, 0.1) is 5.56 Å². The standard InChI is InChI=1S/C21H22F4N2O2/c1-3-13(2)18(27-19(28)14-7-5-4-6-8-14)20(29)26-12-15-9-10-16(22)11-17(15)21(23,24)25/h4-11,13,18H,3,12H2,1-2H3,(H,26,29)(H,27,28). The fourth-order valence-electron chi connectivity index (χ4n) is 2.78. The van der Waals surface area contributed by atoms with Crippen LogP contribution in [0, 0.1) is 11.7 Å². The van der Waals surface area contributed by atoms with Gasteiger partial charge in [-0.25, -0.2) is 4.39 Å². The van der Waals surface area contributed by atoms with E-state index in [-0.39, 0.29) is 11.5 Å². The van der Waals surface area contributed by atoms with E-state index in [1.165, 1.54) is 0 Å². The van der Waals surface area contributed by atoms with Crippen LogP contribution in [-0.4, -0.2) is 17.9 Å². The lowest BCUT2D eigenvalue weighted by Crippen LogP contribution is -2.50. The highest BCUT2D eigenvalue weighted by molar-refractivity contribution is 5.97. The summed E-state index contributed by atoms with van der Waals surface area (Å²) in [5.41, 5.74) is -1.04. The smallest absolute Gasteiger partial charge is 0.350 e. The fraction of sp³-hybridized carbons (Fsp3) is 0.333. The van der Waals surface area contributed by atoms with E-state index in [0.717, 1.165) is 12.1 Å². The number of carbonyl (C=O) groups excluding carboxylic acids is 2. The Balaban J connectivity index is 2.14. The van der Waals surface area contributed by atoms with Crippen molar-refractivity contribution in [2.45, 2.75) is 39.0 Å². The summed E-state index contributed by atoms with van der Waals surface area (Å²) in [5.74, 6) is -2.33. The second-order valence-electron chi connectivity index (χ2n) is 6.72. The highest BCUT2D eigenvalue weighted by Crippen LogP contribution is 2.32. The Morgan fingerprint density at radius 1 is 1.07 bits per heavy atom. The fourth-order valence-corrected chi connectivity index (χ4v) is 2.78. The van der Waals surface area contributed by atoms with Crippen LogP contribution < -0.4 is 10.6 Å². The Labute approximate surface area is 166 Å². The van der Waals surface area contributed by atoms with Gasteiger partial charge in [0, 0.05) is 12.1 Å². The van der Waals surface area contributed by atoms with Crippen LogP contribution in [0.15, 0.2) is 48.5 Å². The lowest BCUT2D eigenvalue weighted by atomic mass is 9.97. The summed E-state index contributed by atoms with van der Waals surface area (Å²) in [6.45, 7) is 3.15. The van der Waals surface area contributed by atoms with Crippen LogP contribution in [0.25, 0.3) is 0 Å². The quantitative estimate of drug-likeness (QED) is 0.669. The maximum absolute atomic E-state index is 13.2. The lowest BCUT2D eigenvalue weighted by molar-refractivity contribution is -0.138. The van der Waals surface area contributed by atoms with Gasteiger partial charge in [0.2, 0.25) is 5.91 Å². The van der Waals surface area contributed by atoms with Gasteiger partial charge in [-0.3, -0.25) is 9.59 Å². The molecule has 0 aliphatic carbocycles. The van der Waals surface area contributed by atoms with Gasteiger partial charge in [-0.05, 0) is 35.7 Å². The van der Waals surface area contributed by atoms with Gasteiger partial charge in [0.1, 0.15) is 11.9 Å². The first-order valence-corrected chi connectivity index (χ1v) is 9.12. The second-order valence-corrected chi connectivity index (χ2v) is 6.72. The van der Waals surface area contributed by atoms with Crippen molar-refractivity contribution in [3.63, 3.8) is 0 Å². The van der Waals surface area contributed by atoms with Gasteiger partial charge in [-0.2, -0.15) is 13.2 Å². The van der Waals surface area contributed by atoms with Gasteiger partial charge < -0.3 is 10.6 Å². The first-order chi connectivity index (χ1) is 13.6. The SMILES string of the molecule is CCC(C)C(NC(=O)c1ccccc1)C(=O)NCc1ccc(F)cc1C(F)(F)F. The summed E-state index contributed by atoms with van der Waals surface area (Å²) in [5, 5.41) is 5.07. The average molecular weight is 410 g/mol. The highest BCUT2D eigenvalue weighted by atomic mass is 19.4. The molecule has 0 saturated heterocycles. The van der Waals surface area contributed by atoms with Gasteiger partial charge in [-0.15, -0.1) is 0 Å². The summed E-state index contributed by atoms with van der Waals surface area (Å²) in [7, 11) is 0.